The predicted octanol–water partition coefficient (Wildman–Crippen LogP) is 2.92. The normalized spacial score (nSPS) is 15.8. The smallest absolute Gasteiger partial charge is 0.191 e. The molecule has 0 atom stereocenters. The minimum Gasteiger partial charge on any atom is -0.382 e. The van der Waals surface area contributed by atoms with Crippen molar-refractivity contribution in [3.05, 3.63) is 35.4 Å². The van der Waals surface area contributed by atoms with Gasteiger partial charge in [-0.1, -0.05) is 31.2 Å². The fourth-order valence-corrected chi connectivity index (χ4v) is 3.31. The molecule has 0 radical (unpaired) electrons. The zero-order valence-corrected chi connectivity index (χ0v) is 20.8. The molecule has 6 nitrogen and oxygen atoms in total. The highest BCUT2D eigenvalue weighted by atomic mass is 127. The van der Waals surface area contributed by atoms with E-state index >= 15 is 0 Å². The molecular weight excluding hydrogens is 477 g/mol. The van der Waals surface area contributed by atoms with Gasteiger partial charge in [-0.25, -0.2) is 4.99 Å². The third kappa shape index (κ3) is 10.6. The Morgan fingerprint density at radius 1 is 0.966 bits per heavy atom. The van der Waals surface area contributed by atoms with Crippen molar-refractivity contribution in [2.75, 3.05) is 59.0 Å². The van der Waals surface area contributed by atoms with Crippen LogP contribution < -0.4 is 10.6 Å². The summed E-state index contributed by atoms with van der Waals surface area (Å²) < 4.78 is 5.38. The molecule has 1 aromatic rings. The van der Waals surface area contributed by atoms with Crippen molar-refractivity contribution in [2.45, 2.75) is 40.3 Å². The maximum atomic E-state index is 5.38. The molecule has 0 amide bonds. The largest absolute Gasteiger partial charge is 0.382 e. The van der Waals surface area contributed by atoms with Gasteiger partial charge in [-0.15, -0.1) is 24.0 Å². The maximum absolute atomic E-state index is 5.38. The second-order valence-corrected chi connectivity index (χ2v) is 7.20. The van der Waals surface area contributed by atoms with E-state index in [0.29, 0.717) is 6.54 Å². The Bertz CT molecular complexity index is 559. The van der Waals surface area contributed by atoms with Gasteiger partial charge in [0, 0.05) is 59.0 Å². The van der Waals surface area contributed by atoms with Crippen molar-refractivity contribution in [2.24, 2.45) is 4.99 Å². The number of piperazine rings is 1. The summed E-state index contributed by atoms with van der Waals surface area (Å²) in [5.74, 6) is 0.872. The quantitative estimate of drug-likeness (QED) is 0.205. The number of nitrogens with one attached hydrogen (secondary N) is 2. The van der Waals surface area contributed by atoms with Crippen LogP contribution in [0.2, 0.25) is 0 Å². The molecule has 7 heteroatoms. The van der Waals surface area contributed by atoms with Crippen LogP contribution in [0.1, 0.15) is 38.3 Å². The van der Waals surface area contributed by atoms with Crippen molar-refractivity contribution in [3.63, 3.8) is 0 Å². The first-order chi connectivity index (χ1) is 13.7. The van der Waals surface area contributed by atoms with Crippen LogP contribution in [0.25, 0.3) is 0 Å². The number of benzene rings is 1. The summed E-state index contributed by atoms with van der Waals surface area (Å²) in [7, 11) is 0. The minimum atomic E-state index is 0. The lowest BCUT2D eigenvalue weighted by atomic mass is 10.1. The molecular formula is C22H40IN5O. The molecule has 0 bridgehead atoms. The van der Waals surface area contributed by atoms with E-state index in [9.17, 15) is 0 Å². The van der Waals surface area contributed by atoms with E-state index in [2.05, 4.69) is 58.5 Å². The van der Waals surface area contributed by atoms with E-state index in [0.717, 1.165) is 45.2 Å². The first-order valence-corrected chi connectivity index (χ1v) is 10.9. The molecule has 29 heavy (non-hydrogen) atoms. The number of likely N-dealkylation sites (N-methyl/N-ethyl adjacent to an activating group) is 1. The van der Waals surface area contributed by atoms with E-state index in [1.807, 2.05) is 6.92 Å². The molecule has 1 aliphatic heterocycles. The van der Waals surface area contributed by atoms with Gasteiger partial charge in [-0.3, -0.25) is 4.90 Å². The van der Waals surface area contributed by atoms with Gasteiger partial charge in [0.1, 0.15) is 0 Å². The van der Waals surface area contributed by atoms with Gasteiger partial charge in [0.2, 0.25) is 0 Å². The van der Waals surface area contributed by atoms with Crippen LogP contribution in [0.3, 0.4) is 0 Å². The lowest BCUT2D eigenvalue weighted by Gasteiger charge is -2.34. The summed E-state index contributed by atoms with van der Waals surface area (Å²) in [5.41, 5.74) is 2.63. The van der Waals surface area contributed by atoms with Gasteiger partial charge in [-0.2, -0.15) is 0 Å². The lowest BCUT2D eigenvalue weighted by Crippen LogP contribution is -2.45. The molecule has 1 aliphatic rings. The molecule has 1 aromatic carbocycles. The van der Waals surface area contributed by atoms with Crippen LogP contribution in [-0.2, 0) is 17.8 Å². The molecule has 2 rings (SSSR count). The third-order valence-corrected chi connectivity index (χ3v) is 5.07. The zero-order chi connectivity index (χ0) is 20.0. The van der Waals surface area contributed by atoms with Crippen LogP contribution in [0, 0.1) is 0 Å². The summed E-state index contributed by atoms with van der Waals surface area (Å²) in [5, 5.41) is 6.68. The average Bonchev–Trinajstić information content (AvgIpc) is 2.73. The van der Waals surface area contributed by atoms with Gasteiger partial charge < -0.3 is 20.3 Å². The zero-order valence-electron chi connectivity index (χ0n) is 18.5. The number of rotatable bonds is 11. The molecule has 2 N–H and O–H groups in total. The number of nitrogens with zero attached hydrogens (tertiary/aromatic N) is 3. The molecule has 0 spiro atoms. The summed E-state index contributed by atoms with van der Waals surface area (Å²) in [6.45, 7) is 17.3. The molecule has 1 fully saturated rings. The lowest BCUT2D eigenvalue weighted by molar-refractivity contribution is 0.132. The number of halogens is 1. The number of hydrogen-bond acceptors (Lipinski definition) is 4. The molecule has 0 saturated carbocycles. The Morgan fingerprint density at radius 2 is 1.62 bits per heavy atom. The molecule has 0 aromatic heterocycles. The molecule has 0 unspecified atom stereocenters. The first kappa shape index (κ1) is 26.1. The summed E-state index contributed by atoms with van der Waals surface area (Å²) in [6.07, 6.45) is 0.986. The van der Waals surface area contributed by atoms with Crippen LogP contribution >= 0.6 is 24.0 Å². The van der Waals surface area contributed by atoms with E-state index in [1.165, 1.54) is 43.9 Å². The molecule has 1 saturated heterocycles. The van der Waals surface area contributed by atoms with Gasteiger partial charge in [0.25, 0.3) is 0 Å². The topological polar surface area (TPSA) is 52.1 Å². The van der Waals surface area contributed by atoms with Crippen LogP contribution in [0.4, 0.5) is 0 Å². The monoisotopic (exact) mass is 517 g/mol. The third-order valence-electron chi connectivity index (χ3n) is 5.07. The van der Waals surface area contributed by atoms with Crippen molar-refractivity contribution in [1.29, 1.82) is 0 Å². The SMILES string of the molecule is CCNC(=NCc1ccc(CN2CCN(CC)CC2)cc1)NCCCOCC.I. The highest BCUT2D eigenvalue weighted by Crippen LogP contribution is 2.11. The van der Waals surface area contributed by atoms with E-state index in [4.69, 9.17) is 9.73 Å². The Balaban J connectivity index is 0.00000420. The highest BCUT2D eigenvalue weighted by molar-refractivity contribution is 14.0. The average molecular weight is 518 g/mol. The van der Waals surface area contributed by atoms with Crippen molar-refractivity contribution in [3.8, 4) is 0 Å². The highest BCUT2D eigenvalue weighted by Gasteiger charge is 2.15. The van der Waals surface area contributed by atoms with Gasteiger partial charge in [0.05, 0.1) is 6.54 Å². The number of hydrogen-bond donors (Lipinski definition) is 2. The fourth-order valence-electron chi connectivity index (χ4n) is 3.31. The summed E-state index contributed by atoms with van der Waals surface area (Å²) >= 11 is 0. The Labute approximate surface area is 194 Å². The van der Waals surface area contributed by atoms with Crippen molar-refractivity contribution in [1.82, 2.24) is 20.4 Å². The number of aliphatic imine (C=N–C) groups is 1. The Hall–Kier alpha value is -0.900. The van der Waals surface area contributed by atoms with Crippen LogP contribution in [0.5, 0.6) is 0 Å². The van der Waals surface area contributed by atoms with Crippen LogP contribution in [-0.4, -0.2) is 74.8 Å². The number of ether oxygens (including phenoxy) is 1. The molecule has 166 valence electrons. The van der Waals surface area contributed by atoms with Gasteiger partial charge in [0.15, 0.2) is 5.96 Å². The minimum absolute atomic E-state index is 0. The summed E-state index contributed by atoms with van der Waals surface area (Å²) in [4.78, 5) is 9.77. The van der Waals surface area contributed by atoms with Crippen LogP contribution in [0.15, 0.2) is 29.3 Å². The summed E-state index contributed by atoms with van der Waals surface area (Å²) in [6, 6.07) is 8.92. The van der Waals surface area contributed by atoms with Gasteiger partial charge >= 0.3 is 0 Å². The molecule has 0 aliphatic carbocycles. The Morgan fingerprint density at radius 3 is 2.24 bits per heavy atom. The second kappa shape index (κ2) is 15.9. The number of guanidine groups is 1. The predicted molar refractivity (Wildman–Crippen MR) is 133 cm³/mol. The molecule has 1 heterocycles. The van der Waals surface area contributed by atoms with E-state index < -0.39 is 0 Å². The Kier molecular flexibility index (Phi) is 14.3. The first-order valence-electron chi connectivity index (χ1n) is 10.9. The van der Waals surface area contributed by atoms with E-state index in [1.54, 1.807) is 0 Å². The van der Waals surface area contributed by atoms with E-state index in [-0.39, 0.29) is 24.0 Å². The standard InChI is InChI=1S/C22H39N5O.HI/c1-4-23-22(24-12-7-17-28-6-3)25-18-20-8-10-21(11-9-20)19-27-15-13-26(5-2)14-16-27;/h8-11H,4-7,12-19H2,1-3H3,(H2,23,24,25);1H. The van der Waals surface area contributed by atoms with Gasteiger partial charge in [-0.05, 0) is 37.9 Å². The van der Waals surface area contributed by atoms with Crippen molar-refractivity contribution < 1.29 is 4.74 Å². The second-order valence-electron chi connectivity index (χ2n) is 7.20. The van der Waals surface area contributed by atoms with Crippen molar-refractivity contribution >= 4 is 29.9 Å². The fraction of sp³-hybridized carbons (Fsp3) is 0.682. The maximum Gasteiger partial charge on any atom is 0.191 e.